The quantitative estimate of drug-likeness (QED) is 0.248. The maximum atomic E-state index is 13.7. The van der Waals surface area contributed by atoms with Gasteiger partial charge in [-0.25, -0.2) is 8.42 Å². The minimum absolute atomic E-state index is 0.0390. The van der Waals surface area contributed by atoms with E-state index < -0.39 is 28.7 Å². The van der Waals surface area contributed by atoms with Crippen LogP contribution < -0.4 is 14.9 Å². The van der Waals surface area contributed by atoms with Crippen LogP contribution >= 0.6 is 15.9 Å². The number of anilines is 1. The summed E-state index contributed by atoms with van der Waals surface area (Å²) in [5.41, 5.74) is 7.06. The molecule has 2 heterocycles. The van der Waals surface area contributed by atoms with Gasteiger partial charge in [-0.15, -0.1) is 0 Å². The van der Waals surface area contributed by atoms with E-state index in [1.54, 1.807) is 12.1 Å². The molecule has 0 aliphatic carbocycles. The molecule has 0 bridgehead atoms. The Morgan fingerprint density at radius 3 is 2.51 bits per heavy atom. The van der Waals surface area contributed by atoms with Crippen molar-refractivity contribution in [3.63, 3.8) is 0 Å². The minimum atomic E-state index is -3.90. The zero-order chi connectivity index (χ0) is 31.1. The molecule has 43 heavy (non-hydrogen) atoms. The van der Waals surface area contributed by atoms with Gasteiger partial charge in [0.1, 0.15) is 5.75 Å². The van der Waals surface area contributed by atoms with Crippen LogP contribution in [0.4, 0.5) is 5.69 Å². The van der Waals surface area contributed by atoms with Crippen molar-refractivity contribution in [2.24, 2.45) is 0 Å². The maximum absolute atomic E-state index is 13.7. The number of halogens is 1. The molecule has 228 valence electrons. The Morgan fingerprint density at radius 1 is 1.09 bits per heavy atom. The Balaban J connectivity index is 1.75. The summed E-state index contributed by atoms with van der Waals surface area (Å²) in [4.78, 5) is 12.8. The number of hydrogen-bond donors (Lipinski definition) is 1. The molecule has 0 atom stereocenters. The lowest BCUT2D eigenvalue weighted by Gasteiger charge is -2.28. The Bertz CT molecular complexity index is 1690. The van der Waals surface area contributed by atoms with Gasteiger partial charge in [0.15, 0.2) is 0 Å². The highest BCUT2D eigenvalue weighted by Gasteiger charge is 2.42. The highest BCUT2D eigenvalue weighted by molar-refractivity contribution is 9.10. The van der Waals surface area contributed by atoms with Crippen LogP contribution in [0, 0.1) is 20.8 Å². The van der Waals surface area contributed by atoms with Gasteiger partial charge in [0.2, 0.25) is 10.0 Å². The van der Waals surface area contributed by atoms with E-state index in [0.717, 1.165) is 46.4 Å². The number of carbonyl (C=O) groups is 1. The molecule has 0 unspecified atom stereocenters. The normalized spacial score (nSPS) is 16.0. The lowest BCUT2D eigenvalue weighted by atomic mass is 9.70. The van der Waals surface area contributed by atoms with Crippen molar-refractivity contribution >= 4 is 50.2 Å². The van der Waals surface area contributed by atoms with Crippen LogP contribution in [0.1, 0.15) is 53.6 Å². The first-order chi connectivity index (χ1) is 20.3. The third kappa shape index (κ3) is 6.50. The average molecular weight is 670 g/mol. The van der Waals surface area contributed by atoms with Crippen molar-refractivity contribution in [1.29, 1.82) is 0 Å². The molecule has 11 heteroatoms. The summed E-state index contributed by atoms with van der Waals surface area (Å²) in [6.45, 7) is 10.7. The van der Waals surface area contributed by atoms with E-state index in [1.165, 1.54) is 7.11 Å². The van der Waals surface area contributed by atoms with Crippen molar-refractivity contribution in [2.45, 2.75) is 65.2 Å². The summed E-state index contributed by atoms with van der Waals surface area (Å²) in [5.74, 6) is 0.201. The number of carbonyl (C=O) groups excluding carboxylic acids is 1. The second-order valence-corrected chi connectivity index (χ2v) is 14.4. The van der Waals surface area contributed by atoms with Crippen molar-refractivity contribution < 1.29 is 32.0 Å². The Morgan fingerprint density at radius 2 is 1.84 bits per heavy atom. The molecular weight excluding hydrogens is 633 g/mol. The fourth-order valence-corrected chi connectivity index (χ4v) is 7.90. The largest absolute Gasteiger partial charge is 0.496 e. The van der Waals surface area contributed by atoms with Crippen LogP contribution in [0.3, 0.4) is 0 Å². The molecule has 1 N–H and O–H groups in total. The number of rotatable bonds is 8. The van der Waals surface area contributed by atoms with E-state index in [4.69, 9.17) is 18.8 Å². The second kappa shape index (κ2) is 12.3. The molecule has 3 aromatic rings. The molecule has 2 aliphatic heterocycles. The summed E-state index contributed by atoms with van der Waals surface area (Å²) < 4.78 is 54.5. The van der Waals surface area contributed by atoms with E-state index in [9.17, 15) is 13.2 Å². The molecule has 0 amide bonds. The summed E-state index contributed by atoms with van der Waals surface area (Å²) >= 11 is 3.46. The van der Waals surface area contributed by atoms with Gasteiger partial charge in [-0.2, -0.15) is 0 Å². The SMILES string of the molecule is COC(=O)Cc1c(C)c(NS(=O)(=O)Cc2ccccc2Br)c(B2OCC(C)(C)O2)c(C)c1-c1ccc2c(c1C)CCCO2. The van der Waals surface area contributed by atoms with Crippen LogP contribution in [0.15, 0.2) is 40.9 Å². The van der Waals surface area contributed by atoms with E-state index in [-0.39, 0.29) is 12.2 Å². The maximum Gasteiger partial charge on any atom is 0.496 e. The zero-order valence-corrected chi connectivity index (χ0v) is 27.8. The fourth-order valence-electron chi connectivity index (χ4n) is 5.99. The Kier molecular flexibility index (Phi) is 9.00. The molecule has 0 spiro atoms. The first-order valence-electron chi connectivity index (χ1n) is 14.3. The number of sulfonamides is 1. The number of fused-ring (bicyclic) bond motifs is 1. The number of ether oxygens (including phenoxy) is 2. The van der Waals surface area contributed by atoms with E-state index in [2.05, 4.69) is 27.6 Å². The highest BCUT2D eigenvalue weighted by atomic mass is 79.9. The molecule has 1 fully saturated rings. The number of benzene rings is 3. The van der Waals surface area contributed by atoms with E-state index >= 15 is 0 Å². The first kappa shape index (κ1) is 31.6. The molecule has 2 aliphatic rings. The third-order valence-corrected chi connectivity index (χ3v) is 10.2. The van der Waals surface area contributed by atoms with Crippen molar-refractivity contribution in [3.05, 3.63) is 74.3 Å². The molecule has 1 saturated heterocycles. The monoisotopic (exact) mass is 669 g/mol. The van der Waals surface area contributed by atoms with Gasteiger partial charge in [-0.1, -0.05) is 40.2 Å². The number of methoxy groups -OCH3 is 1. The Hall–Kier alpha value is -2.86. The lowest BCUT2D eigenvalue weighted by molar-refractivity contribution is -0.139. The average Bonchev–Trinajstić information content (AvgIpc) is 3.32. The van der Waals surface area contributed by atoms with E-state index in [0.29, 0.717) is 45.5 Å². The van der Waals surface area contributed by atoms with Crippen molar-refractivity contribution in [1.82, 2.24) is 0 Å². The van der Waals surface area contributed by atoms with Crippen LogP contribution in [-0.4, -0.2) is 47.4 Å². The van der Waals surface area contributed by atoms with Gasteiger partial charge < -0.3 is 18.8 Å². The first-order valence-corrected chi connectivity index (χ1v) is 16.8. The molecule has 3 aromatic carbocycles. The topological polar surface area (TPSA) is 100 Å². The predicted molar refractivity (Wildman–Crippen MR) is 173 cm³/mol. The molecule has 0 radical (unpaired) electrons. The highest BCUT2D eigenvalue weighted by Crippen LogP contribution is 2.41. The van der Waals surface area contributed by atoms with Gasteiger partial charge in [0, 0.05) is 9.94 Å². The van der Waals surface area contributed by atoms with Gasteiger partial charge in [0.05, 0.1) is 43.8 Å². The predicted octanol–water partition coefficient (Wildman–Crippen LogP) is 5.54. The van der Waals surface area contributed by atoms with Gasteiger partial charge in [-0.05, 0) is 104 Å². The van der Waals surface area contributed by atoms with Crippen LogP contribution in [0.2, 0.25) is 0 Å². The standard InChI is InChI=1S/C32H37BBrNO7S/c1-19-23-11-9-15-40-27(23)14-13-24(19)29-21(3)30(33-41-18-32(4,5)42-33)31(20(2)25(29)16-28(36)39-6)35-43(37,38)17-22-10-7-8-12-26(22)34/h7-8,10,12-14,35H,9,11,15-18H2,1-6H3. The fraction of sp³-hybridized carbons (Fsp3) is 0.406. The minimum Gasteiger partial charge on any atom is -0.493 e. The summed E-state index contributed by atoms with van der Waals surface area (Å²) in [6, 6.07) is 11.2. The number of hydrogen-bond acceptors (Lipinski definition) is 7. The zero-order valence-electron chi connectivity index (χ0n) is 25.4. The Labute approximate surface area is 262 Å². The smallest absolute Gasteiger partial charge is 0.493 e. The lowest BCUT2D eigenvalue weighted by Crippen LogP contribution is -2.40. The molecule has 8 nitrogen and oxygen atoms in total. The van der Waals surface area contributed by atoms with E-state index in [1.807, 2.05) is 52.0 Å². The molecule has 0 aromatic heterocycles. The van der Waals surface area contributed by atoms with Gasteiger partial charge in [-0.3, -0.25) is 9.52 Å². The second-order valence-electron chi connectivity index (χ2n) is 11.8. The third-order valence-electron chi connectivity index (χ3n) is 8.19. The van der Waals surface area contributed by atoms with Crippen molar-refractivity contribution in [2.75, 3.05) is 25.0 Å². The summed E-state index contributed by atoms with van der Waals surface area (Å²) in [5, 5.41) is 0. The number of nitrogens with one attached hydrogen (secondary N) is 1. The van der Waals surface area contributed by atoms with Gasteiger partial charge in [0.25, 0.3) is 0 Å². The van der Waals surface area contributed by atoms with Crippen molar-refractivity contribution in [3.8, 4) is 16.9 Å². The molecular formula is C32H37BBrNO7S. The molecule has 0 saturated carbocycles. The van der Waals surface area contributed by atoms with Gasteiger partial charge >= 0.3 is 13.1 Å². The van der Waals surface area contributed by atoms with Crippen LogP contribution in [-0.2, 0) is 47.5 Å². The summed E-state index contributed by atoms with van der Waals surface area (Å²) in [7, 11) is -3.37. The summed E-state index contributed by atoms with van der Waals surface area (Å²) in [6.07, 6.45) is 1.78. The number of esters is 1. The molecule has 5 rings (SSSR count). The van der Waals surface area contributed by atoms with Crippen LogP contribution in [0.25, 0.3) is 11.1 Å². The van der Waals surface area contributed by atoms with Crippen LogP contribution in [0.5, 0.6) is 5.75 Å².